The van der Waals surface area contributed by atoms with Gasteiger partial charge in [0.2, 0.25) is 10.0 Å². The smallest absolute Gasteiger partial charge is 0.233 e. The molecule has 0 aliphatic rings. The van der Waals surface area contributed by atoms with Gasteiger partial charge in [-0.1, -0.05) is 121 Å². The van der Waals surface area contributed by atoms with Gasteiger partial charge in [-0.2, -0.15) is 0 Å². The van der Waals surface area contributed by atoms with Crippen LogP contribution in [0.2, 0.25) is 5.02 Å². The van der Waals surface area contributed by atoms with E-state index < -0.39 is 15.4 Å². The molecule has 2 N–H and O–H groups in total. The Balaban J connectivity index is 1.31. The fraction of sp³-hybridized carbons (Fsp3) is 0.147. The summed E-state index contributed by atoms with van der Waals surface area (Å²) in [4.78, 5) is 8.55. The molecule has 1 heterocycles. The van der Waals surface area contributed by atoms with E-state index in [-0.39, 0.29) is 6.54 Å². The Morgan fingerprint density at radius 3 is 1.85 bits per heavy atom. The third-order valence-electron chi connectivity index (χ3n) is 7.09. The van der Waals surface area contributed by atoms with Gasteiger partial charge in [0.25, 0.3) is 0 Å². The predicted molar refractivity (Wildman–Crippen MR) is 166 cm³/mol. The second-order valence-electron chi connectivity index (χ2n) is 9.86. The van der Waals surface area contributed by atoms with E-state index in [0.717, 1.165) is 46.6 Å². The quantitative estimate of drug-likeness (QED) is 0.119. The zero-order chi connectivity index (χ0) is 28.5. The molecule has 0 saturated heterocycles. The van der Waals surface area contributed by atoms with Crippen molar-refractivity contribution < 1.29 is 8.42 Å². The third kappa shape index (κ3) is 6.85. The van der Waals surface area contributed by atoms with Gasteiger partial charge in [0, 0.05) is 28.9 Å². The molecule has 0 spiro atoms. The first-order valence-electron chi connectivity index (χ1n) is 13.6. The number of aryl methyl sites for hydroxylation is 1. The van der Waals surface area contributed by atoms with Crippen LogP contribution in [0.15, 0.2) is 133 Å². The van der Waals surface area contributed by atoms with E-state index in [0.29, 0.717) is 11.4 Å². The van der Waals surface area contributed by atoms with Gasteiger partial charge in [-0.15, -0.1) is 0 Å². The highest BCUT2D eigenvalue weighted by molar-refractivity contribution is 7.92. The summed E-state index contributed by atoms with van der Waals surface area (Å²) < 4.78 is 27.4. The van der Waals surface area contributed by atoms with Crippen LogP contribution in [0.1, 0.15) is 46.6 Å². The minimum atomic E-state index is -3.53. The zero-order valence-corrected chi connectivity index (χ0v) is 24.2. The van der Waals surface area contributed by atoms with Crippen LogP contribution in [0.4, 0.5) is 0 Å². The van der Waals surface area contributed by atoms with E-state index >= 15 is 0 Å². The van der Waals surface area contributed by atoms with E-state index in [9.17, 15) is 8.42 Å². The zero-order valence-electron chi connectivity index (χ0n) is 22.6. The van der Waals surface area contributed by atoms with E-state index in [2.05, 4.69) is 82.5 Å². The van der Waals surface area contributed by atoms with Gasteiger partial charge in [-0.3, -0.25) is 0 Å². The van der Waals surface area contributed by atoms with Gasteiger partial charge in [0.15, 0.2) is 0 Å². The lowest BCUT2D eigenvalue weighted by atomic mass is 9.69. The molecule has 0 atom stereocenters. The fourth-order valence-electron chi connectivity index (χ4n) is 5.09. The van der Waals surface area contributed by atoms with Crippen LogP contribution >= 0.6 is 11.6 Å². The molecule has 0 amide bonds. The molecule has 208 valence electrons. The average molecular weight is 582 g/mol. The maximum atomic E-state index is 12.4. The average Bonchev–Trinajstić information content (AvgIpc) is 3.48. The van der Waals surface area contributed by atoms with Gasteiger partial charge in [0.1, 0.15) is 11.2 Å². The van der Waals surface area contributed by atoms with Gasteiger partial charge >= 0.3 is 0 Å². The lowest BCUT2D eigenvalue weighted by molar-refractivity contribution is 0.590. The monoisotopic (exact) mass is 581 g/mol. The Hall–Kier alpha value is -3.97. The molecule has 5 nitrogen and oxygen atoms in total. The van der Waals surface area contributed by atoms with Crippen LogP contribution in [-0.4, -0.2) is 18.4 Å². The third-order valence-corrected chi connectivity index (χ3v) is 8.44. The Morgan fingerprint density at radius 1 is 0.780 bits per heavy atom. The standard InChI is InChI=1S/C34H32ClN3O2S/c35-31-22-20-27(21-23-31)25-37-41(39,40)24-12-4-11-19-32-26-36-33(38-32)34(28-13-5-1-6-14-28,29-15-7-2-8-16-29)30-17-9-3-10-18-30/h1-3,5-10,12-18,20-24,26,37H,4,11,19,25H2,(H,36,38). The largest absolute Gasteiger partial charge is 0.345 e. The maximum Gasteiger partial charge on any atom is 0.233 e. The van der Waals surface area contributed by atoms with Crippen LogP contribution in [0.5, 0.6) is 0 Å². The van der Waals surface area contributed by atoms with Gasteiger partial charge in [-0.05, 0) is 53.6 Å². The number of unbranched alkanes of at least 4 members (excludes halogenated alkanes) is 1. The van der Waals surface area contributed by atoms with Gasteiger partial charge < -0.3 is 4.98 Å². The number of benzene rings is 4. The van der Waals surface area contributed by atoms with Crippen molar-refractivity contribution >= 4 is 21.6 Å². The van der Waals surface area contributed by atoms with E-state index in [1.807, 2.05) is 24.4 Å². The lowest BCUT2D eigenvalue weighted by Crippen LogP contribution is -2.32. The molecule has 5 rings (SSSR count). The first kappa shape index (κ1) is 28.6. The molecule has 5 aromatic rings. The number of aromatic nitrogens is 2. The lowest BCUT2D eigenvalue weighted by Gasteiger charge is -2.34. The SMILES string of the molecule is O=S(=O)(C=CCCCc1cnc(C(c2ccccc2)(c2ccccc2)c2ccccc2)[nH]1)NCc1ccc(Cl)cc1. The summed E-state index contributed by atoms with van der Waals surface area (Å²) in [6.45, 7) is 0.215. The van der Waals surface area contributed by atoms with E-state index in [4.69, 9.17) is 16.6 Å². The van der Waals surface area contributed by atoms with Crippen molar-refractivity contribution in [1.82, 2.24) is 14.7 Å². The van der Waals surface area contributed by atoms with Gasteiger partial charge in [-0.25, -0.2) is 18.1 Å². The van der Waals surface area contributed by atoms with Crippen LogP contribution in [-0.2, 0) is 28.4 Å². The summed E-state index contributed by atoms with van der Waals surface area (Å²) >= 11 is 5.90. The highest BCUT2D eigenvalue weighted by Gasteiger charge is 2.40. The first-order chi connectivity index (χ1) is 20.0. The van der Waals surface area contributed by atoms with Crippen molar-refractivity contribution in [3.63, 3.8) is 0 Å². The summed E-state index contributed by atoms with van der Waals surface area (Å²) in [6.07, 6.45) is 5.73. The number of nitrogens with one attached hydrogen (secondary N) is 2. The number of aromatic amines is 1. The topological polar surface area (TPSA) is 74.8 Å². The minimum absolute atomic E-state index is 0.215. The second-order valence-corrected chi connectivity index (χ2v) is 11.9. The van der Waals surface area contributed by atoms with Crippen molar-refractivity contribution in [3.05, 3.63) is 172 Å². The van der Waals surface area contributed by atoms with Crippen LogP contribution in [0.3, 0.4) is 0 Å². The molecule has 0 aliphatic heterocycles. The Labute approximate surface area is 247 Å². The second kappa shape index (κ2) is 13.1. The summed E-state index contributed by atoms with van der Waals surface area (Å²) in [6, 6.07) is 38.4. The van der Waals surface area contributed by atoms with E-state index in [1.165, 1.54) is 5.41 Å². The number of hydrogen-bond acceptors (Lipinski definition) is 3. The van der Waals surface area contributed by atoms with Crippen molar-refractivity contribution in [2.24, 2.45) is 0 Å². The van der Waals surface area contributed by atoms with Crippen LogP contribution in [0, 0.1) is 0 Å². The summed E-state index contributed by atoms with van der Waals surface area (Å²) in [7, 11) is -3.53. The molecule has 0 aliphatic carbocycles. The maximum absolute atomic E-state index is 12.4. The Morgan fingerprint density at radius 2 is 1.32 bits per heavy atom. The summed E-state index contributed by atoms with van der Waals surface area (Å²) in [5.74, 6) is 0.848. The number of H-pyrrole nitrogens is 1. The summed E-state index contributed by atoms with van der Waals surface area (Å²) in [5.41, 5.74) is 4.60. The normalized spacial score (nSPS) is 12.1. The molecular weight excluding hydrogens is 550 g/mol. The molecule has 1 aromatic heterocycles. The van der Waals surface area contributed by atoms with Crippen molar-refractivity contribution in [2.45, 2.75) is 31.2 Å². The van der Waals surface area contributed by atoms with Crippen molar-refractivity contribution in [2.75, 3.05) is 0 Å². The fourth-order valence-corrected chi connectivity index (χ4v) is 6.07. The van der Waals surface area contributed by atoms with Crippen LogP contribution in [0.25, 0.3) is 0 Å². The number of sulfonamides is 1. The summed E-state index contributed by atoms with van der Waals surface area (Å²) in [5, 5.41) is 1.86. The van der Waals surface area contributed by atoms with Crippen molar-refractivity contribution in [3.8, 4) is 0 Å². The molecule has 0 saturated carbocycles. The predicted octanol–water partition coefficient (Wildman–Crippen LogP) is 7.40. The number of nitrogens with zero attached hydrogens (tertiary/aromatic N) is 1. The number of rotatable bonds is 12. The molecule has 41 heavy (non-hydrogen) atoms. The van der Waals surface area contributed by atoms with Gasteiger partial charge in [0.05, 0.1) is 0 Å². The Kier molecular flexibility index (Phi) is 9.14. The van der Waals surface area contributed by atoms with Crippen molar-refractivity contribution in [1.29, 1.82) is 0 Å². The minimum Gasteiger partial charge on any atom is -0.345 e. The molecular formula is C34H32ClN3O2S. The molecule has 7 heteroatoms. The number of halogens is 1. The van der Waals surface area contributed by atoms with Crippen LogP contribution < -0.4 is 4.72 Å². The molecule has 0 radical (unpaired) electrons. The molecule has 0 fully saturated rings. The first-order valence-corrected chi connectivity index (χ1v) is 15.5. The molecule has 0 unspecified atom stereocenters. The number of allylic oxidation sites excluding steroid dienone is 1. The number of imidazole rings is 1. The molecule has 4 aromatic carbocycles. The number of hydrogen-bond donors (Lipinski definition) is 2. The molecule has 0 bridgehead atoms. The Bertz CT molecular complexity index is 1570. The highest BCUT2D eigenvalue weighted by Crippen LogP contribution is 2.43. The van der Waals surface area contributed by atoms with E-state index in [1.54, 1.807) is 30.3 Å². The highest BCUT2D eigenvalue weighted by atomic mass is 35.5.